The largest absolute Gasteiger partial charge is 0.367 e. The van der Waals surface area contributed by atoms with Gasteiger partial charge < -0.3 is 16.0 Å². The van der Waals surface area contributed by atoms with Gasteiger partial charge in [0.15, 0.2) is 0 Å². The van der Waals surface area contributed by atoms with Crippen LogP contribution in [0.25, 0.3) is 0 Å². The lowest BCUT2D eigenvalue weighted by molar-refractivity contribution is -0.122. The van der Waals surface area contributed by atoms with E-state index in [1.165, 1.54) is 23.9 Å². The fraction of sp³-hybridized carbons (Fsp3) is 0.786. The molecule has 1 fully saturated rings. The van der Waals surface area contributed by atoms with Gasteiger partial charge in [-0.05, 0) is 32.9 Å². The standard InChI is InChI=1S/C14H26N6O/c1-11-5-4-6-14(7-11,19(2)3)9-16-12(21)8-20-10-17-13(15)18-20/h10-11H,4-9H2,1-3H3,(H2,15,18)(H,16,21). The van der Waals surface area contributed by atoms with Crippen molar-refractivity contribution >= 4 is 11.9 Å². The molecule has 0 spiro atoms. The second-order valence-electron chi connectivity index (χ2n) is 6.40. The quantitative estimate of drug-likeness (QED) is 0.825. The van der Waals surface area contributed by atoms with Crippen LogP contribution >= 0.6 is 0 Å². The highest BCUT2D eigenvalue weighted by Crippen LogP contribution is 2.35. The van der Waals surface area contributed by atoms with Crippen LogP contribution in [0, 0.1) is 5.92 Å². The number of hydrogen-bond donors (Lipinski definition) is 2. The minimum absolute atomic E-state index is 0.0562. The lowest BCUT2D eigenvalue weighted by atomic mass is 9.75. The van der Waals surface area contributed by atoms with E-state index in [0.717, 1.165) is 12.8 Å². The van der Waals surface area contributed by atoms with Crippen molar-refractivity contribution in [3.05, 3.63) is 6.33 Å². The Morgan fingerprint density at radius 2 is 2.38 bits per heavy atom. The van der Waals surface area contributed by atoms with Crippen LogP contribution in [0.5, 0.6) is 0 Å². The van der Waals surface area contributed by atoms with E-state index in [0.29, 0.717) is 12.5 Å². The van der Waals surface area contributed by atoms with Crippen LogP contribution in [0.2, 0.25) is 0 Å². The second-order valence-corrected chi connectivity index (χ2v) is 6.40. The molecule has 2 unspecified atom stereocenters. The minimum Gasteiger partial charge on any atom is -0.367 e. The fourth-order valence-corrected chi connectivity index (χ4v) is 3.21. The Bertz CT molecular complexity index is 486. The smallest absolute Gasteiger partial charge is 0.241 e. The van der Waals surface area contributed by atoms with E-state index in [9.17, 15) is 4.79 Å². The number of likely N-dealkylation sites (N-methyl/N-ethyl adjacent to an activating group) is 1. The zero-order valence-electron chi connectivity index (χ0n) is 13.2. The van der Waals surface area contributed by atoms with Crippen molar-refractivity contribution in [2.24, 2.45) is 5.92 Å². The molecule has 1 aromatic rings. The van der Waals surface area contributed by atoms with Gasteiger partial charge in [0.2, 0.25) is 11.9 Å². The summed E-state index contributed by atoms with van der Waals surface area (Å²) in [5.74, 6) is 0.834. The molecule has 1 aliphatic rings. The number of hydrogen-bond acceptors (Lipinski definition) is 5. The summed E-state index contributed by atoms with van der Waals surface area (Å²) in [5, 5.41) is 6.96. The molecule has 21 heavy (non-hydrogen) atoms. The molecule has 2 rings (SSSR count). The number of nitrogens with zero attached hydrogens (tertiary/aromatic N) is 4. The van der Waals surface area contributed by atoms with Gasteiger partial charge in [0.25, 0.3) is 0 Å². The molecule has 1 aliphatic carbocycles. The molecule has 0 bridgehead atoms. The molecule has 0 aliphatic heterocycles. The van der Waals surface area contributed by atoms with Crippen LogP contribution in [-0.2, 0) is 11.3 Å². The van der Waals surface area contributed by atoms with Gasteiger partial charge in [0.1, 0.15) is 12.9 Å². The summed E-state index contributed by atoms with van der Waals surface area (Å²) in [6.45, 7) is 3.12. The van der Waals surface area contributed by atoms with E-state index >= 15 is 0 Å². The predicted octanol–water partition coefficient (Wildman–Crippen LogP) is 0.487. The summed E-state index contributed by atoms with van der Waals surface area (Å²) in [6, 6.07) is 0. The van der Waals surface area contributed by atoms with Gasteiger partial charge in [-0.15, -0.1) is 5.10 Å². The molecule has 1 heterocycles. The number of carbonyl (C=O) groups is 1. The number of anilines is 1. The summed E-state index contributed by atoms with van der Waals surface area (Å²) >= 11 is 0. The van der Waals surface area contributed by atoms with E-state index in [-0.39, 0.29) is 23.9 Å². The third-order valence-electron chi connectivity index (χ3n) is 4.49. The average Bonchev–Trinajstić information content (AvgIpc) is 2.81. The Hall–Kier alpha value is -1.63. The highest BCUT2D eigenvalue weighted by molar-refractivity contribution is 5.75. The molecule has 7 heteroatoms. The number of nitrogens with one attached hydrogen (secondary N) is 1. The van der Waals surface area contributed by atoms with E-state index in [2.05, 4.69) is 41.3 Å². The highest BCUT2D eigenvalue weighted by Gasteiger charge is 2.37. The van der Waals surface area contributed by atoms with Gasteiger partial charge in [0.05, 0.1) is 0 Å². The van der Waals surface area contributed by atoms with Crippen molar-refractivity contribution in [1.29, 1.82) is 0 Å². The van der Waals surface area contributed by atoms with Crippen molar-refractivity contribution in [3.63, 3.8) is 0 Å². The van der Waals surface area contributed by atoms with Gasteiger partial charge in [0, 0.05) is 12.1 Å². The first-order chi connectivity index (χ1) is 9.91. The Morgan fingerprint density at radius 1 is 1.62 bits per heavy atom. The number of rotatable bonds is 5. The molecule has 0 saturated heterocycles. The van der Waals surface area contributed by atoms with Crippen molar-refractivity contribution in [1.82, 2.24) is 25.0 Å². The lowest BCUT2D eigenvalue weighted by Crippen LogP contribution is -2.55. The third-order valence-corrected chi connectivity index (χ3v) is 4.49. The first-order valence-electron chi connectivity index (χ1n) is 7.50. The SMILES string of the molecule is CC1CCCC(CNC(=O)Cn2cnc(N)n2)(N(C)C)C1. The van der Waals surface area contributed by atoms with Gasteiger partial charge in [-0.25, -0.2) is 9.67 Å². The molecule has 0 radical (unpaired) electrons. The highest BCUT2D eigenvalue weighted by atomic mass is 16.2. The van der Waals surface area contributed by atoms with Crippen LogP contribution in [0.3, 0.4) is 0 Å². The number of nitrogens with two attached hydrogens (primary N) is 1. The molecule has 0 aromatic carbocycles. The Morgan fingerprint density at radius 3 is 2.95 bits per heavy atom. The van der Waals surface area contributed by atoms with E-state index in [1.807, 2.05) is 0 Å². The van der Waals surface area contributed by atoms with E-state index in [4.69, 9.17) is 5.73 Å². The molecule has 1 aromatic heterocycles. The Kier molecular flexibility index (Phi) is 4.82. The summed E-state index contributed by atoms with van der Waals surface area (Å²) in [4.78, 5) is 18.1. The van der Waals surface area contributed by atoms with E-state index in [1.54, 1.807) is 0 Å². The Balaban J connectivity index is 1.91. The molecule has 1 amide bonds. The summed E-state index contributed by atoms with van der Waals surface area (Å²) in [7, 11) is 4.20. The number of nitrogen functional groups attached to an aromatic ring is 1. The van der Waals surface area contributed by atoms with Crippen LogP contribution in [-0.4, -0.2) is 51.8 Å². The van der Waals surface area contributed by atoms with Crippen LogP contribution < -0.4 is 11.1 Å². The summed E-state index contributed by atoms with van der Waals surface area (Å²) in [6.07, 6.45) is 6.22. The monoisotopic (exact) mass is 294 g/mol. The zero-order valence-corrected chi connectivity index (χ0v) is 13.2. The van der Waals surface area contributed by atoms with Crippen molar-refractivity contribution < 1.29 is 4.79 Å². The lowest BCUT2D eigenvalue weighted by Gasteiger charge is -2.45. The number of amides is 1. The molecule has 3 N–H and O–H groups in total. The molecule has 118 valence electrons. The number of carbonyl (C=O) groups excluding carboxylic acids is 1. The Labute approximate surface area is 125 Å². The second kappa shape index (κ2) is 6.43. The van der Waals surface area contributed by atoms with Crippen LogP contribution in [0.4, 0.5) is 5.95 Å². The van der Waals surface area contributed by atoms with Gasteiger partial charge in [-0.3, -0.25) is 4.79 Å². The normalized spacial score (nSPS) is 26.0. The zero-order chi connectivity index (χ0) is 15.5. The summed E-state index contributed by atoms with van der Waals surface area (Å²) in [5.41, 5.74) is 5.50. The first-order valence-corrected chi connectivity index (χ1v) is 7.50. The van der Waals surface area contributed by atoms with Crippen LogP contribution in [0.15, 0.2) is 6.33 Å². The molecule has 7 nitrogen and oxygen atoms in total. The van der Waals surface area contributed by atoms with Gasteiger partial charge in [-0.2, -0.15) is 0 Å². The topological polar surface area (TPSA) is 89.1 Å². The van der Waals surface area contributed by atoms with Crippen molar-refractivity contribution in [2.75, 3.05) is 26.4 Å². The minimum atomic E-state index is -0.0562. The molecule has 2 atom stereocenters. The van der Waals surface area contributed by atoms with Crippen LogP contribution in [0.1, 0.15) is 32.6 Å². The first kappa shape index (κ1) is 15.8. The van der Waals surface area contributed by atoms with Gasteiger partial charge >= 0.3 is 0 Å². The molecule has 1 saturated carbocycles. The van der Waals surface area contributed by atoms with E-state index < -0.39 is 0 Å². The third kappa shape index (κ3) is 3.93. The molecular formula is C14H26N6O. The number of aromatic nitrogens is 3. The maximum Gasteiger partial charge on any atom is 0.241 e. The fourth-order valence-electron chi connectivity index (χ4n) is 3.21. The maximum absolute atomic E-state index is 12.1. The van der Waals surface area contributed by atoms with Crippen molar-refractivity contribution in [3.8, 4) is 0 Å². The average molecular weight is 294 g/mol. The van der Waals surface area contributed by atoms with Crippen molar-refractivity contribution in [2.45, 2.75) is 44.7 Å². The van der Waals surface area contributed by atoms with Gasteiger partial charge in [-0.1, -0.05) is 19.8 Å². The molecular weight excluding hydrogens is 268 g/mol. The predicted molar refractivity (Wildman–Crippen MR) is 81.5 cm³/mol. The maximum atomic E-state index is 12.1. The summed E-state index contributed by atoms with van der Waals surface area (Å²) < 4.78 is 1.45.